The summed E-state index contributed by atoms with van der Waals surface area (Å²) in [4.78, 5) is 25.0. The van der Waals surface area contributed by atoms with Gasteiger partial charge in [0.1, 0.15) is 5.56 Å². The van der Waals surface area contributed by atoms with Crippen molar-refractivity contribution in [2.75, 3.05) is 6.61 Å². The van der Waals surface area contributed by atoms with Crippen molar-refractivity contribution in [1.82, 2.24) is 30.2 Å². The van der Waals surface area contributed by atoms with Gasteiger partial charge in [0.15, 0.2) is 5.82 Å². The van der Waals surface area contributed by atoms with Crippen LogP contribution in [0, 0.1) is 23.2 Å². The Morgan fingerprint density at radius 2 is 1.97 bits per heavy atom. The SMILES string of the molecule is CC(=O)NC(C)(C)/C=C/n1ncc(C(=O)N[C@H]2C3CC4CC2C[C@](CO)(C4)C3)c1-n1cccn1. The maximum absolute atomic E-state index is 13.5. The number of nitrogens with one attached hydrogen (secondary N) is 2. The molecule has 3 N–H and O–H groups in total. The Hall–Kier alpha value is -2.94. The first kappa shape index (κ1) is 22.8. The molecule has 34 heavy (non-hydrogen) atoms. The summed E-state index contributed by atoms with van der Waals surface area (Å²) < 4.78 is 3.25. The molecule has 0 spiro atoms. The number of nitrogens with zero attached hydrogens (tertiary/aromatic N) is 4. The molecule has 2 unspecified atom stereocenters. The van der Waals surface area contributed by atoms with E-state index < -0.39 is 5.54 Å². The summed E-state index contributed by atoms with van der Waals surface area (Å²) in [6.45, 7) is 5.52. The first-order chi connectivity index (χ1) is 16.2. The molecule has 0 aromatic carbocycles. The molecule has 9 nitrogen and oxygen atoms in total. The van der Waals surface area contributed by atoms with E-state index in [1.807, 2.05) is 19.9 Å². The molecular weight excluding hydrogens is 432 g/mol. The number of amides is 2. The van der Waals surface area contributed by atoms with E-state index in [0.29, 0.717) is 29.1 Å². The topological polar surface area (TPSA) is 114 Å². The van der Waals surface area contributed by atoms with Crippen molar-refractivity contribution in [2.45, 2.75) is 64.5 Å². The van der Waals surface area contributed by atoms with Gasteiger partial charge in [-0.3, -0.25) is 9.59 Å². The van der Waals surface area contributed by atoms with Crippen LogP contribution < -0.4 is 10.6 Å². The molecule has 2 atom stereocenters. The molecule has 4 fully saturated rings. The lowest BCUT2D eigenvalue weighted by Crippen LogP contribution is -2.60. The summed E-state index contributed by atoms with van der Waals surface area (Å²) in [5.74, 6) is 1.79. The molecule has 4 bridgehead atoms. The Kier molecular flexibility index (Phi) is 5.62. The van der Waals surface area contributed by atoms with Crippen molar-refractivity contribution in [1.29, 1.82) is 0 Å². The van der Waals surface area contributed by atoms with Gasteiger partial charge in [0, 0.05) is 38.2 Å². The monoisotopic (exact) mass is 466 g/mol. The highest BCUT2D eigenvalue weighted by molar-refractivity contribution is 5.97. The zero-order chi connectivity index (χ0) is 24.1. The van der Waals surface area contributed by atoms with E-state index >= 15 is 0 Å². The number of carbonyl (C=O) groups excluding carboxylic acids is 2. The number of hydrogen-bond donors (Lipinski definition) is 3. The van der Waals surface area contributed by atoms with E-state index in [-0.39, 0.29) is 29.9 Å². The van der Waals surface area contributed by atoms with Gasteiger partial charge in [-0.1, -0.05) is 0 Å². The van der Waals surface area contributed by atoms with Crippen LogP contribution in [-0.4, -0.2) is 54.7 Å². The van der Waals surface area contributed by atoms with Crippen molar-refractivity contribution in [3.05, 3.63) is 36.3 Å². The second-order valence-electron chi connectivity index (χ2n) is 11.1. The van der Waals surface area contributed by atoms with E-state index in [1.165, 1.54) is 6.92 Å². The van der Waals surface area contributed by atoms with Gasteiger partial charge in [-0.05, 0) is 81.3 Å². The van der Waals surface area contributed by atoms with Crippen molar-refractivity contribution in [2.24, 2.45) is 23.2 Å². The largest absolute Gasteiger partial charge is 0.396 e. The fourth-order valence-electron chi connectivity index (χ4n) is 6.85. The molecule has 2 amide bonds. The van der Waals surface area contributed by atoms with Crippen LogP contribution in [0.2, 0.25) is 0 Å². The lowest BCUT2D eigenvalue weighted by molar-refractivity contribution is -0.120. The molecule has 2 heterocycles. The quantitative estimate of drug-likeness (QED) is 0.580. The van der Waals surface area contributed by atoms with Crippen LogP contribution in [0.15, 0.2) is 30.7 Å². The van der Waals surface area contributed by atoms with E-state index in [2.05, 4.69) is 20.8 Å². The first-order valence-corrected chi connectivity index (χ1v) is 12.2. The fourth-order valence-corrected chi connectivity index (χ4v) is 6.85. The molecule has 9 heteroatoms. The molecule has 0 saturated heterocycles. The Bertz CT molecular complexity index is 1090. The maximum atomic E-state index is 13.5. The van der Waals surface area contributed by atoms with Crippen molar-refractivity contribution in [3.63, 3.8) is 0 Å². The van der Waals surface area contributed by atoms with E-state index in [4.69, 9.17) is 0 Å². The maximum Gasteiger partial charge on any atom is 0.257 e. The lowest BCUT2D eigenvalue weighted by Gasteiger charge is -2.59. The summed E-state index contributed by atoms with van der Waals surface area (Å²) in [6.07, 6.45) is 14.0. The summed E-state index contributed by atoms with van der Waals surface area (Å²) in [6, 6.07) is 1.93. The standard InChI is InChI=1S/C25H34N6O3/c1-16(33)29-24(2,3)5-8-31-23(30-7-4-6-26-30)20(14-27-31)22(34)28-21-18-9-17-10-19(21)13-25(11-17,12-18)15-32/h4-8,14,17-19,21,32H,9-13,15H2,1-3H3,(H,28,34)(H,29,33)/b8-5+/t17?,18?,19?,21-,25-. The lowest BCUT2D eigenvalue weighted by atomic mass is 9.48. The highest BCUT2D eigenvalue weighted by atomic mass is 16.3. The molecule has 182 valence electrons. The Balaban J connectivity index is 1.40. The summed E-state index contributed by atoms with van der Waals surface area (Å²) >= 11 is 0. The fraction of sp³-hybridized carbons (Fsp3) is 0.600. The predicted octanol–water partition coefficient (Wildman–Crippen LogP) is 2.37. The van der Waals surface area contributed by atoms with Gasteiger partial charge in [0.25, 0.3) is 5.91 Å². The van der Waals surface area contributed by atoms with E-state index in [1.54, 1.807) is 40.2 Å². The van der Waals surface area contributed by atoms with Crippen LogP contribution in [0.5, 0.6) is 0 Å². The molecule has 0 aliphatic heterocycles. The Labute approximate surface area is 199 Å². The molecule has 4 saturated carbocycles. The third kappa shape index (κ3) is 4.17. The van der Waals surface area contributed by atoms with Crippen LogP contribution in [-0.2, 0) is 4.79 Å². The zero-order valence-electron chi connectivity index (χ0n) is 20.1. The van der Waals surface area contributed by atoms with Crippen LogP contribution >= 0.6 is 0 Å². The van der Waals surface area contributed by atoms with Gasteiger partial charge in [-0.25, -0.2) is 9.36 Å². The highest BCUT2D eigenvalue weighted by Crippen LogP contribution is 2.59. The normalized spacial score (nSPS) is 30.1. The number of carbonyl (C=O) groups is 2. The molecule has 2 aromatic heterocycles. The number of aliphatic hydroxyl groups is 1. The predicted molar refractivity (Wildman–Crippen MR) is 127 cm³/mol. The van der Waals surface area contributed by atoms with Crippen molar-refractivity contribution >= 4 is 18.0 Å². The molecule has 4 aliphatic rings. The first-order valence-electron chi connectivity index (χ1n) is 12.2. The van der Waals surface area contributed by atoms with Crippen molar-refractivity contribution in [3.8, 4) is 5.82 Å². The third-order valence-electron chi connectivity index (χ3n) is 7.90. The minimum atomic E-state index is -0.579. The molecule has 6 rings (SSSR count). The number of aromatic nitrogens is 4. The minimum Gasteiger partial charge on any atom is -0.396 e. The molecule has 2 aromatic rings. The highest BCUT2D eigenvalue weighted by Gasteiger charge is 2.55. The average Bonchev–Trinajstić information content (AvgIpc) is 3.43. The summed E-state index contributed by atoms with van der Waals surface area (Å²) in [7, 11) is 0. The second kappa shape index (κ2) is 8.37. The molecular formula is C25H34N6O3. The van der Waals surface area contributed by atoms with Gasteiger partial charge in [0.05, 0.1) is 11.7 Å². The summed E-state index contributed by atoms with van der Waals surface area (Å²) in [5, 5.41) is 25.0. The van der Waals surface area contributed by atoms with Crippen LogP contribution in [0.4, 0.5) is 0 Å². The molecule has 0 radical (unpaired) electrons. The van der Waals surface area contributed by atoms with Gasteiger partial charge in [-0.15, -0.1) is 0 Å². The average molecular weight is 467 g/mol. The van der Waals surface area contributed by atoms with Crippen LogP contribution in [0.3, 0.4) is 0 Å². The number of rotatable bonds is 7. The van der Waals surface area contributed by atoms with E-state index in [9.17, 15) is 14.7 Å². The van der Waals surface area contributed by atoms with Gasteiger partial charge in [-0.2, -0.15) is 10.2 Å². The van der Waals surface area contributed by atoms with Crippen molar-refractivity contribution < 1.29 is 14.7 Å². The van der Waals surface area contributed by atoms with Crippen LogP contribution in [0.1, 0.15) is 63.2 Å². The minimum absolute atomic E-state index is 0.0638. The van der Waals surface area contributed by atoms with Gasteiger partial charge in [0.2, 0.25) is 5.91 Å². The second-order valence-corrected chi connectivity index (χ2v) is 11.1. The number of aliphatic hydroxyl groups excluding tert-OH is 1. The zero-order valence-corrected chi connectivity index (χ0v) is 20.1. The third-order valence-corrected chi connectivity index (χ3v) is 7.90. The number of hydrogen-bond acceptors (Lipinski definition) is 5. The molecule has 4 aliphatic carbocycles. The van der Waals surface area contributed by atoms with Crippen LogP contribution in [0.25, 0.3) is 12.0 Å². The Morgan fingerprint density at radius 1 is 1.24 bits per heavy atom. The smallest absolute Gasteiger partial charge is 0.257 e. The van der Waals surface area contributed by atoms with E-state index in [0.717, 1.165) is 32.1 Å². The van der Waals surface area contributed by atoms with Gasteiger partial charge < -0.3 is 15.7 Å². The Morgan fingerprint density at radius 3 is 2.59 bits per heavy atom. The summed E-state index contributed by atoms with van der Waals surface area (Å²) in [5.41, 5.74) is -0.0599. The van der Waals surface area contributed by atoms with Gasteiger partial charge >= 0.3 is 0 Å².